The second-order valence-corrected chi connectivity index (χ2v) is 5.71. The molecule has 0 aliphatic carbocycles. The van der Waals surface area contributed by atoms with Gasteiger partial charge in [-0.2, -0.15) is 0 Å². The van der Waals surface area contributed by atoms with Gasteiger partial charge < -0.3 is 10.2 Å². The molecular formula is C15H21N3O. The zero-order chi connectivity index (χ0) is 13.6. The van der Waals surface area contributed by atoms with E-state index in [0.717, 1.165) is 25.2 Å². The number of carbonyl (C=O) groups is 1. The fourth-order valence-electron chi connectivity index (χ4n) is 3.47. The number of piperidine rings is 1. The third kappa shape index (κ3) is 1.91. The highest BCUT2D eigenvalue weighted by Gasteiger charge is 2.43. The molecule has 2 amide bonds. The van der Waals surface area contributed by atoms with Gasteiger partial charge in [0, 0.05) is 31.2 Å². The second kappa shape index (κ2) is 4.53. The van der Waals surface area contributed by atoms with E-state index in [0.29, 0.717) is 12.0 Å². The van der Waals surface area contributed by atoms with Crippen LogP contribution < -0.4 is 10.2 Å². The second-order valence-electron chi connectivity index (χ2n) is 5.71. The van der Waals surface area contributed by atoms with Crippen molar-refractivity contribution in [1.29, 1.82) is 0 Å². The molecule has 2 atom stereocenters. The number of aryl methyl sites for hydroxylation is 1. The Hall–Kier alpha value is -1.55. The van der Waals surface area contributed by atoms with Crippen LogP contribution in [0.15, 0.2) is 18.2 Å². The van der Waals surface area contributed by atoms with Gasteiger partial charge in [0.05, 0.1) is 0 Å². The van der Waals surface area contributed by atoms with Crippen LogP contribution in [0.2, 0.25) is 0 Å². The first-order valence-electron chi connectivity index (χ1n) is 6.92. The lowest BCUT2D eigenvalue weighted by molar-refractivity contribution is 0.220. The molecule has 102 valence electrons. The number of rotatable bonds is 0. The van der Waals surface area contributed by atoms with Gasteiger partial charge in [-0.3, -0.25) is 4.90 Å². The van der Waals surface area contributed by atoms with Crippen LogP contribution >= 0.6 is 0 Å². The molecule has 4 heteroatoms. The SMILES string of the molecule is CNC(=O)N1c2ccc(C)cc2[C@H]2CN(C)CC[C@@H]21. The molecule has 3 rings (SSSR count). The summed E-state index contributed by atoms with van der Waals surface area (Å²) in [4.78, 5) is 16.5. The summed E-state index contributed by atoms with van der Waals surface area (Å²) in [5.41, 5.74) is 3.69. The van der Waals surface area contributed by atoms with Gasteiger partial charge in [0.25, 0.3) is 0 Å². The number of fused-ring (bicyclic) bond motifs is 3. The zero-order valence-electron chi connectivity index (χ0n) is 11.8. The van der Waals surface area contributed by atoms with Crippen LogP contribution in [0, 0.1) is 6.92 Å². The Balaban J connectivity index is 2.06. The van der Waals surface area contributed by atoms with Crippen molar-refractivity contribution in [2.75, 3.05) is 32.1 Å². The average Bonchev–Trinajstić information content (AvgIpc) is 2.71. The van der Waals surface area contributed by atoms with Crippen molar-refractivity contribution in [1.82, 2.24) is 10.2 Å². The zero-order valence-corrected chi connectivity index (χ0v) is 11.8. The summed E-state index contributed by atoms with van der Waals surface area (Å²) >= 11 is 0. The van der Waals surface area contributed by atoms with Gasteiger partial charge in [0.15, 0.2) is 0 Å². The smallest absolute Gasteiger partial charge is 0.321 e. The summed E-state index contributed by atoms with van der Waals surface area (Å²) in [6.45, 7) is 4.21. The van der Waals surface area contributed by atoms with E-state index in [1.165, 1.54) is 11.1 Å². The van der Waals surface area contributed by atoms with Crippen molar-refractivity contribution in [2.45, 2.75) is 25.3 Å². The Bertz CT molecular complexity index is 514. The molecule has 19 heavy (non-hydrogen) atoms. The van der Waals surface area contributed by atoms with Crippen LogP contribution in [0.4, 0.5) is 10.5 Å². The highest BCUT2D eigenvalue weighted by atomic mass is 16.2. The van der Waals surface area contributed by atoms with E-state index in [9.17, 15) is 4.79 Å². The minimum atomic E-state index is 0.0159. The molecule has 0 radical (unpaired) electrons. The first kappa shape index (κ1) is 12.5. The van der Waals surface area contributed by atoms with Gasteiger partial charge in [-0.15, -0.1) is 0 Å². The third-order valence-electron chi connectivity index (χ3n) is 4.39. The maximum absolute atomic E-state index is 12.2. The molecule has 1 N–H and O–H groups in total. The lowest BCUT2D eigenvalue weighted by Gasteiger charge is -2.36. The van der Waals surface area contributed by atoms with Crippen LogP contribution in [-0.4, -0.2) is 44.2 Å². The standard InChI is InChI=1S/C15H21N3O/c1-10-4-5-13-11(8-10)12-9-17(3)7-6-14(12)18(13)15(19)16-2/h4-5,8,12,14H,6-7,9H2,1-3H3,(H,16,19)/t12-,14+/m1/s1. The number of urea groups is 1. The molecule has 1 saturated heterocycles. The molecule has 0 saturated carbocycles. The summed E-state index contributed by atoms with van der Waals surface area (Å²) in [5.74, 6) is 0.450. The van der Waals surface area contributed by atoms with Gasteiger partial charge in [0.1, 0.15) is 0 Å². The summed E-state index contributed by atoms with van der Waals surface area (Å²) < 4.78 is 0. The van der Waals surface area contributed by atoms with Crippen molar-refractivity contribution in [2.24, 2.45) is 0 Å². The van der Waals surface area contributed by atoms with Gasteiger partial charge in [0.2, 0.25) is 0 Å². The Kier molecular flexibility index (Phi) is 2.97. The van der Waals surface area contributed by atoms with E-state index in [-0.39, 0.29) is 6.03 Å². The van der Waals surface area contributed by atoms with Gasteiger partial charge >= 0.3 is 6.03 Å². The molecular weight excluding hydrogens is 238 g/mol. The van der Waals surface area contributed by atoms with E-state index in [2.05, 4.69) is 42.4 Å². The third-order valence-corrected chi connectivity index (χ3v) is 4.39. The minimum Gasteiger partial charge on any atom is -0.341 e. The predicted molar refractivity (Wildman–Crippen MR) is 76.8 cm³/mol. The Morgan fingerprint density at radius 3 is 2.95 bits per heavy atom. The Morgan fingerprint density at radius 2 is 2.21 bits per heavy atom. The quantitative estimate of drug-likeness (QED) is 0.773. The predicted octanol–water partition coefficient (Wildman–Crippen LogP) is 1.94. The number of hydrogen-bond acceptors (Lipinski definition) is 2. The highest BCUT2D eigenvalue weighted by molar-refractivity contribution is 5.95. The van der Waals surface area contributed by atoms with E-state index in [1.807, 2.05) is 4.90 Å². The number of hydrogen-bond donors (Lipinski definition) is 1. The Labute approximate surface area is 114 Å². The molecule has 4 nitrogen and oxygen atoms in total. The highest BCUT2D eigenvalue weighted by Crippen LogP contribution is 2.44. The monoisotopic (exact) mass is 259 g/mol. The van der Waals surface area contributed by atoms with Gasteiger partial charge in [-0.05, 0) is 38.6 Å². The molecule has 1 aromatic carbocycles. The molecule has 0 unspecified atom stereocenters. The first-order chi connectivity index (χ1) is 9.11. The number of nitrogens with one attached hydrogen (secondary N) is 1. The number of likely N-dealkylation sites (N-methyl/N-ethyl adjacent to an activating group) is 1. The molecule has 2 heterocycles. The lowest BCUT2D eigenvalue weighted by atomic mass is 9.89. The molecule has 1 fully saturated rings. The van der Waals surface area contributed by atoms with Crippen LogP contribution in [0.3, 0.4) is 0 Å². The number of anilines is 1. The van der Waals surface area contributed by atoms with Gasteiger partial charge in [-0.1, -0.05) is 17.7 Å². The van der Waals surface area contributed by atoms with Crippen LogP contribution in [0.1, 0.15) is 23.5 Å². The number of likely N-dealkylation sites (tertiary alicyclic amines) is 1. The fraction of sp³-hybridized carbons (Fsp3) is 0.533. The van der Waals surface area contributed by atoms with Crippen molar-refractivity contribution >= 4 is 11.7 Å². The topological polar surface area (TPSA) is 35.6 Å². The normalized spacial score (nSPS) is 25.9. The minimum absolute atomic E-state index is 0.0159. The van der Waals surface area contributed by atoms with Crippen LogP contribution in [-0.2, 0) is 0 Å². The Morgan fingerprint density at radius 1 is 1.42 bits per heavy atom. The lowest BCUT2D eigenvalue weighted by Crippen LogP contribution is -2.49. The molecule has 2 aliphatic heterocycles. The van der Waals surface area contributed by atoms with E-state index >= 15 is 0 Å². The van der Waals surface area contributed by atoms with Crippen molar-refractivity contribution in [3.63, 3.8) is 0 Å². The van der Waals surface area contributed by atoms with Crippen molar-refractivity contribution in [3.05, 3.63) is 29.3 Å². The fourth-order valence-corrected chi connectivity index (χ4v) is 3.47. The molecule has 1 aromatic rings. The van der Waals surface area contributed by atoms with Crippen LogP contribution in [0.5, 0.6) is 0 Å². The molecule has 0 bridgehead atoms. The maximum atomic E-state index is 12.2. The maximum Gasteiger partial charge on any atom is 0.321 e. The number of benzene rings is 1. The van der Waals surface area contributed by atoms with Crippen molar-refractivity contribution < 1.29 is 4.79 Å². The van der Waals surface area contributed by atoms with Crippen molar-refractivity contribution in [3.8, 4) is 0 Å². The summed E-state index contributed by atoms with van der Waals surface area (Å²) in [6.07, 6.45) is 1.04. The summed E-state index contributed by atoms with van der Waals surface area (Å²) in [5, 5.41) is 2.78. The largest absolute Gasteiger partial charge is 0.341 e. The molecule has 0 aromatic heterocycles. The van der Waals surface area contributed by atoms with Gasteiger partial charge in [-0.25, -0.2) is 4.79 Å². The van der Waals surface area contributed by atoms with E-state index in [4.69, 9.17) is 0 Å². The summed E-state index contributed by atoms with van der Waals surface area (Å²) in [6, 6.07) is 6.76. The molecule has 0 spiro atoms. The number of nitrogens with zero attached hydrogens (tertiary/aromatic N) is 2. The van der Waals surface area contributed by atoms with E-state index < -0.39 is 0 Å². The molecule has 2 aliphatic rings. The first-order valence-corrected chi connectivity index (χ1v) is 6.92. The summed E-state index contributed by atoms with van der Waals surface area (Å²) in [7, 11) is 3.87. The number of carbonyl (C=O) groups excluding carboxylic acids is 1. The number of amides is 2. The van der Waals surface area contributed by atoms with Crippen LogP contribution in [0.25, 0.3) is 0 Å². The average molecular weight is 259 g/mol. The van der Waals surface area contributed by atoms with E-state index in [1.54, 1.807) is 7.05 Å².